The van der Waals surface area contributed by atoms with Crippen LogP contribution in [-0.4, -0.2) is 16.1 Å². The maximum absolute atomic E-state index is 12.2. The van der Waals surface area contributed by atoms with Crippen LogP contribution in [0.5, 0.6) is 0 Å². The Labute approximate surface area is 126 Å². The van der Waals surface area contributed by atoms with Crippen molar-refractivity contribution >= 4 is 33.2 Å². The van der Waals surface area contributed by atoms with E-state index in [-0.39, 0.29) is 17.5 Å². The van der Waals surface area contributed by atoms with E-state index in [1.54, 1.807) is 0 Å². The van der Waals surface area contributed by atoms with Crippen LogP contribution in [0.25, 0.3) is 0 Å². The standard InChI is InChI=1S/C14H17BrN4O/c1-7(2)12-11(16)13(19-18-12)14(20)17-9-5-4-8(3)10(15)6-9/h4-7H,16H2,1-3H3,(H,17,20)(H,18,19). The first-order valence-corrected chi connectivity index (χ1v) is 7.10. The maximum Gasteiger partial charge on any atom is 0.278 e. The zero-order chi connectivity index (χ0) is 14.9. The SMILES string of the molecule is Cc1ccc(NC(=O)c2n[nH]c(C(C)C)c2N)cc1Br. The smallest absolute Gasteiger partial charge is 0.278 e. The molecule has 5 nitrogen and oxygen atoms in total. The van der Waals surface area contributed by atoms with E-state index in [0.717, 1.165) is 15.7 Å². The summed E-state index contributed by atoms with van der Waals surface area (Å²) in [5.41, 5.74) is 9.16. The summed E-state index contributed by atoms with van der Waals surface area (Å²) in [6, 6.07) is 5.61. The number of carbonyl (C=O) groups is 1. The molecule has 0 atom stereocenters. The quantitative estimate of drug-likeness (QED) is 0.802. The lowest BCUT2D eigenvalue weighted by Crippen LogP contribution is -2.14. The van der Waals surface area contributed by atoms with Crippen LogP contribution >= 0.6 is 15.9 Å². The van der Waals surface area contributed by atoms with Crippen LogP contribution in [-0.2, 0) is 0 Å². The monoisotopic (exact) mass is 336 g/mol. The predicted octanol–water partition coefficient (Wildman–Crippen LogP) is 3.44. The molecule has 4 N–H and O–H groups in total. The lowest BCUT2D eigenvalue weighted by molar-refractivity contribution is 0.102. The molecule has 0 fully saturated rings. The van der Waals surface area contributed by atoms with E-state index in [1.165, 1.54) is 0 Å². The number of aryl methyl sites for hydroxylation is 1. The Morgan fingerprint density at radius 3 is 2.70 bits per heavy atom. The van der Waals surface area contributed by atoms with E-state index in [0.29, 0.717) is 11.4 Å². The molecule has 0 bridgehead atoms. The lowest BCUT2D eigenvalue weighted by Gasteiger charge is -2.06. The summed E-state index contributed by atoms with van der Waals surface area (Å²) in [7, 11) is 0. The van der Waals surface area contributed by atoms with Crippen LogP contribution in [0.4, 0.5) is 11.4 Å². The van der Waals surface area contributed by atoms with Crippen molar-refractivity contribution in [3.05, 3.63) is 39.6 Å². The highest BCUT2D eigenvalue weighted by Gasteiger charge is 2.19. The summed E-state index contributed by atoms with van der Waals surface area (Å²) in [5.74, 6) is -0.126. The number of anilines is 2. The summed E-state index contributed by atoms with van der Waals surface area (Å²) in [6.07, 6.45) is 0. The van der Waals surface area contributed by atoms with Gasteiger partial charge in [-0.05, 0) is 30.5 Å². The molecule has 0 spiro atoms. The molecule has 0 aliphatic carbocycles. The van der Waals surface area contributed by atoms with Crippen LogP contribution < -0.4 is 11.1 Å². The molecule has 106 valence electrons. The van der Waals surface area contributed by atoms with Crippen LogP contribution in [0.15, 0.2) is 22.7 Å². The number of aromatic amines is 1. The van der Waals surface area contributed by atoms with E-state index in [4.69, 9.17) is 5.73 Å². The van der Waals surface area contributed by atoms with Gasteiger partial charge in [0.15, 0.2) is 5.69 Å². The highest BCUT2D eigenvalue weighted by atomic mass is 79.9. The van der Waals surface area contributed by atoms with E-state index in [9.17, 15) is 4.79 Å². The van der Waals surface area contributed by atoms with Crippen molar-refractivity contribution in [2.45, 2.75) is 26.7 Å². The van der Waals surface area contributed by atoms with Gasteiger partial charge in [0.25, 0.3) is 5.91 Å². The molecule has 0 aliphatic heterocycles. The van der Waals surface area contributed by atoms with Gasteiger partial charge in [0.2, 0.25) is 0 Å². The Bertz CT molecular complexity index is 649. The van der Waals surface area contributed by atoms with Crippen molar-refractivity contribution in [1.29, 1.82) is 0 Å². The molecule has 1 amide bonds. The van der Waals surface area contributed by atoms with Crippen molar-refractivity contribution in [2.75, 3.05) is 11.1 Å². The minimum Gasteiger partial charge on any atom is -0.395 e. The van der Waals surface area contributed by atoms with E-state index in [2.05, 4.69) is 31.4 Å². The predicted molar refractivity (Wildman–Crippen MR) is 83.9 cm³/mol. The van der Waals surface area contributed by atoms with E-state index < -0.39 is 0 Å². The number of nitrogens with one attached hydrogen (secondary N) is 2. The molecule has 2 rings (SSSR count). The fraction of sp³-hybridized carbons (Fsp3) is 0.286. The third-order valence-corrected chi connectivity index (χ3v) is 3.91. The number of rotatable bonds is 3. The van der Waals surface area contributed by atoms with Gasteiger partial charge in [0.05, 0.1) is 11.4 Å². The van der Waals surface area contributed by atoms with Gasteiger partial charge in [-0.15, -0.1) is 0 Å². The summed E-state index contributed by atoms with van der Waals surface area (Å²) in [4.78, 5) is 12.2. The lowest BCUT2D eigenvalue weighted by atomic mass is 10.1. The van der Waals surface area contributed by atoms with Gasteiger partial charge >= 0.3 is 0 Å². The average molecular weight is 337 g/mol. The third kappa shape index (κ3) is 2.85. The second-order valence-electron chi connectivity index (χ2n) is 4.97. The molecule has 0 unspecified atom stereocenters. The molecule has 0 aliphatic rings. The molecule has 0 radical (unpaired) electrons. The Morgan fingerprint density at radius 1 is 1.45 bits per heavy atom. The summed E-state index contributed by atoms with van der Waals surface area (Å²) in [5, 5.41) is 9.60. The molecule has 0 saturated heterocycles. The number of hydrogen-bond donors (Lipinski definition) is 3. The summed E-state index contributed by atoms with van der Waals surface area (Å²) >= 11 is 3.43. The largest absolute Gasteiger partial charge is 0.395 e. The molecule has 1 aromatic carbocycles. The Kier molecular flexibility index (Phi) is 4.13. The molecular formula is C14H17BrN4O. The van der Waals surface area contributed by atoms with Crippen molar-refractivity contribution in [3.8, 4) is 0 Å². The first-order valence-electron chi connectivity index (χ1n) is 6.31. The van der Waals surface area contributed by atoms with Gasteiger partial charge in [-0.1, -0.05) is 35.8 Å². The molecule has 6 heteroatoms. The number of H-pyrrole nitrogens is 1. The number of nitrogen functional groups attached to an aromatic ring is 1. The van der Waals surface area contributed by atoms with Crippen molar-refractivity contribution < 1.29 is 4.79 Å². The average Bonchev–Trinajstić information content (AvgIpc) is 2.76. The molecule has 20 heavy (non-hydrogen) atoms. The fourth-order valence-corrected chi connectivity index (χ4v) is 2.22. The zero-order valence-corrected chi connectivity index (χ0v) is 13.2. The van der Waals surface area contributed by atoms with Gasteiger partial charge in [0, 0.05) is 10.2 Å². The van der Waals surface area contributed by atoms with Gasteiger partial charge in [-0.3, -0.25) is 9.89 Å². The van der Waals surface area contributed by atoms with Crippen LogP contribution in [0, 0.1) is 6.92 Å². The second kappa shape index (κ2) is 5.66. The number of amides is 1. The number of nitrogens with zero attached hydrogens (tertiary/aromatic N) is 1. The summed E-state index contributed by atoms with van der Waals surface area (Å²) in [6.45, 7) is 5.96. The van der Waals surface area contributed by atoms with Crippen molar-refractivity contribution in [3.63, 3.8) is 0 Å². The Balaban J connectivity index is 2.22. The van der Waals surface area contributed by atoms with Crippen molar-refractivity contribution in [1.82, 2.24) is 10.2 Å². The van der Waals surface area contributed by atoms with Crippen LogP contribution in [0.2, 0.25) is 0 Å². The van der Waals surface area contributed by atoms with Gasteiger partial charge in [0.1, 0.15) is 0 Å². The minimum absolute atomic E-state index is 0.192. The summed E-state index contributed by atoms with van der Waals surface area (Å²) < 4.78 is 0.938. The normalized spacial score (nSPS) is 10.8. The number of halogens is 1. The molecule has 2 aromatic rings. The highest BCUT2D eigenvalue weighted by molar-refractivity contribution is 9.10. The third-order valence-electron chi connectivity index (χ3n) is 3.06. The van der Waals surface area contributed by atoms with Crippen LogP contribution in [0.3, 0.4) is 0 Å². The molecule has 1 aromatic heterocycles. The van der Waals surface area contributed by atoms with Gasteiger partial charge in [-0.2, -0.15) is 5.10 Å². The first-order chi connectivity index (χ1) is 9.40. The first kappa shape index (κ1) is 14.6. The number of nitrogens with two attached hydrogens (primary N) is 1. The topological polar surface area (TPSA) is 83.8 Å². The van der Waals surface area contributed by atoms with Gasteiger partial charge < -0.3 is 11.1 Å². The minimum atomic E-state index is -0.318. The highest BCUT2D eigenvalue weighted by Crippen LogP contribution is 2.24. The zero-order valence-electron chi connectivity index (χ0n) is 11.6. The van der Waals surface area contributed by atoms with Crippen LogP contribution in [0.1, 0.15) is 41.5 Å². The molecule has 1 heterocycles. The van der Waals surface area contributed by atoms with Gasteiger partial charge in [-0.25, -0.2) is 0 Å². The van der Waals surface area contributed by atoms with E-state index in [1.807, 2.05) is 39.0 Å². The Hall–Kier alpha value is -1.82. The number of hydrogen-bond acceptors (Lipinski definition) is 3. The Morgan fingerprint density at radius 2 is 2.15 bits per heavy atom. The number of aromatic nitrogens is 2. The van der Waals surface area contributed by atoms with Crippen molar-refractivity contribution in [2.24, 2.45) is 0 Å². The molecular weight excluding hydrogens is 320 g/mol. The molecule has 0 saturated carbocycles. The van der Waals surface area contributed by atoms with E-state index >= 15 is 0 Å². The second-order valence-corrected chi connectivity index (χ2v) is 5.83. The maximum atomic E-state index is 12.2. The number of carbonyl (C=O) groups excluding carboxylic acids is 1. The number of benzene rings is 1. The fourth-order valence-electron chi connectivity index (χ4n) is 1.84.